The van der Waals surface area contributed by atoms with Crippen molar-refractivity contribution in [2.75, 3.05) is 7.11 Å². The summed E-state index contributed by atoms with van der Waals surface area (Å²) in [5.41, 5.74) is -0.461. The third kappa shape index (κ3) is 2.16. The molecule has 0 amide bonds. The highest BCUT2D eigenvalue weighted by Gasteiger charge is 2.22. The van der Waals surface area contributed by atoms with E-state index in [9.17, 15) is 9.18 Å². The number of methoxy groups -OCH3 is 1. The lowest BCUT2D eigenvalue weighted by Crippen LogP contribution is -2.12. The van der Waals surface area contributed by atoms with Crippen LogP contribution in [-0.2, 0) is 4.79 Å². The van der Waals surface area contributed by atoms with Gasteiger partial charge in [0.25, 0.3) is 0 Å². The summed E-state index contributed by atoms with van der Waals surface area (Å²) in [5, 5.41) is 26.7. The number of phenolic OH excluding ortho intramolecular Hbond substituents is 1. The minimum absolute atomic E-state index is 0.105. The van der Waals surface area contributed by atoms with Gasteiger partial charge in [0.2, 0.25) is 0 Å². The van der Waals surface area contributed by atoms with Crippen molar-refractivity contribution in [2.45, 2.75) is 6.10 Å². The first-order chi connectivity index (χ1) is 6.97. The molecule has 0 radical (unpaired) electrons. The molecule has 0 aliphatic rings. The molecule has 15 heavy (non-hydrogen) atoms. The SMILES string of the molecule is COc1cc(C(O)C(=O)O)c(F)cc1O. The van der Waals surface area contributed by atoms with Crippen LogP contribution < -0.4 is 4.74 Å². The van der Waals surface area contributed by atoms with E-state index in [1.54, 1.807) is 0 Å². The van der Waals surface area contributed by atoms with Crippen LogP contribution in [0.2, 0.25) is 0 Å². The van der Waals surface area contributed by atoms with Crippen LogP contribution in [0.15, 0.2) is 12.1 Å². The summed E-state index contributed by atoms with van der Waals surface area (Å²) in [7, 11) is 1.23. The third-order valence-electron chi connectivity index (χ3n) is 1.83. The number of phenols is 1. The van der Waals surface area contributed by atoms with Crippen molar-refractivity contribution in [3.05, 3.63) is 23.5 Å². The maximum atomic E-state index is 13.1. The van der Waals surface area contributed by atoms with Gasteiger partial charge in [-0.3, -0.25) is 0 Å². The average molecular weight is 216 g/mol. The van der Waals surface area contributed by atoms with Gasteiger partial charge in [0.05, 0.1) is 7.11 Å². The Morgan fingerprint density at radius 3 is 2.60 bits per heavy atom. The van der Waals surface area contributed by atoms with E-state index in [1.165, 1.54) is 7.11 Å². The summed E-state index contributed by atoms with van der Waals surface area (Å²) < 4.78 is 17.8. The Bertz CT molecular complexity index is 390. The zero-order valence-corrected chi connectivity index (χ0v) is 7.77. The van der Waals surface area contributed by atoms with E-state index in [-0.39, 0.29) is 5.75 Å². The van der Waals surface area contributed by atoms with E-state index >= 15 is 0 Å². The topological polar surface area (TPSA) is 87.0 Å². The second-order valence-electron chi connectivity index (χ2n) is 2.79. The van der Waals surface area contributed by atoms with E-state index < -0.39 is 29.2 Å². The zero-order chi connectivity index (χ0) is 11.6. The maximum Gasteiger partial charge on any atom is 0.337 e. The maximum absolute atomic E-state index is 13.1. The van der Waals surface area contributed by atoms with Crippen LogP contribution >= 0.6 is 0 Å². The fourth-order valence-electron chi connectivity index (χ4n) is 1.06. The Labute approximate surface area is 84.3 Å². The van der Waals surface area contributed by atoms with Crippen molar-refractivity contribution >= 4 is 5.97 Å². The summed E-state index contributed by atoms with van der Waals surface area (Å²) in [6, 6.07) is 1.61. The third-order valence-corrected chi connectivity index (χ3v) is 1.83. The fraction of sp³-hybridized carbons (Fsp3) is 0.222. The number of aliphatic carboxylic acids is 1. The number of aromatic hydroxyl groups is 1. The molecular formula is C9H9FO5. The van der Waals surface area contributed by atoms with Gasteiger partial charge in [-0.2, -0.15) is 0 Å². The first-order valence-electron chi connectivity index (χ1n) is 3.94. The van der Waals surface area contributed by atoms with Crippen molar-refractivity contribution in [2.24, 2.45) is 0 Å². The number of carboxylic acids is 1. The molecule has 0 aliphatic heterocycles. The first kappa shape index (κ1) is 11.3. The standard InChI is InChI=1S/C9H9FO5/c1-15-7-2-4(8(12)9(13)14)5(10)3-6(7)11/h2-3,8,11-12H,1H3,(H,13,14). The molecule has 0 saturated carbocycles. The quantitative estimate of drug-likeness (QED) is 0.690. The fourth-order valence-corrected chi connectivity index (χ4v) is 1.06. The van der Waals surface area contributed by atoms with Crippen molar-refractivity contribution in [3.63, 3.8) is 0 Å². The molecule has 0 aliphatic carbocycles. The molecule has 6 heteroatoms. The second kappa shape index (κ2) is 4.14. The summed E-state index contributed by atoms with van der Waals surface area (Å²) in [4.78, 5) is 10.4. The first-order valence-corrected chi connectivity index (χ1v) is 3.94. The van der Waals surface area contributed by atoms with Crippen molar-refractivity contribution in [1.29, 1.82) is 0 Å². The van der Waals surface area contributed by atoms with Gasteiger partial charge in [0.1, 0.15) is 5.82 Å². The van der Waals surface area contributed by atoms with Crippen LogP contribution in [0, 0.1) is 5.82 Å². The molecule has 0 aromatic heterocycles. The molecule has 1 aromatic carbocycles. The molecule has 0 heterocycles. The molecule has 1 aromatic rings. The molecule has 1 unspecified atom stereocenters. The van der Waals surface area contributed by atoms with Crippen LogP contribution in [0.4, 0.5) is 4.39 Å². The average Bonchev–Trinajstić information content (AvgIpc) is 2.17. The number of aliphatic hydroxyl groups is 1. The van der Waals surface area contributed by atoms with E-state index in [0.29, 0.717) is 6.07 Å². The van der Waals surface area contributed by atoms with Crippen molar-refractivity contribution < 1.29 is 29.2 Å². The van der Waals surface area contributed by atoms with E-state index in [4.69, 9.17) is 15.3 Å². The van der Waals surface area contributed by atoms with Crippen LogP contribution in [0.25, 0.3) is 0 Å². The number of benzene rings is 1. The smallest absolute Gasteiger partial charge is 0.337 e. The van der Waals surface area contributed by atoms with E-state index in [1.807, 2.05) is 0 Å². The number of rotatable bonds is 3. The number of hydrogen-bond acceptors (Lipinski definition) is 4. The Kier molecular flexibility index (Phi) is 3.11. The van der Waals surface area contributed by atoms with Gasteiger partial charge >= 0.3 is 5.97 Å². The molecule has 82 valence electrons. The molecule has 3 N–H and O–H groups in total. The summed E-state index contributed by atoms with van der Waals surface area (Å²) >= 11 is 0. The van der Waals surface area contributed by atoms with Crippen LogP contribution in [0.3, 0.4) is 0 Å². The zero-order valence-electron chi connectivity index (χ0n) is 7.77. The number of carboxylic acid groups (broad SMARTS) is 1. The summed E-state index contributed by atoms with van der Waals surface area (Å²) in [5.74, 6) is -3.16. The number of hydrogen-bond donors (Lipinski definition) is 3. The largest absolute Gasteiger partial charge is 0.504 e. The Morgan fingerprint density at radius 2 is 2.13 bits per heavy atom. The van der Waals surface area contributed by atoms with Gasteiger partial charge in [-0.15, -0.1) is 0 Å². The van der Waals surface area contributed by atoms with Gasteiger partial charge in [-0.05, 0) is 6.07 Å². The second-order valence-corrected chi connectivity index (χ2v) is 2.79. The number of aliphatic hydroxyl groups excluding tert-OH is 1. The lowest BCUT2D eigenvalue weighted by atomic mass is 10.1. The number of ether oxygens (including phenoxy) is 1. The molecule has 0 saturated heterocycles. The lowest BCUT2D eigenvalue weighted by molar-refractivity contribution is -0.147. The van der Waals surface area contributed by atoms with Crippen LogP contribution in [-0.4, -0.2) is 28.4 Å². The summed E-state index contributed by atoms with van der Waals surface area (Å²) in [6.45, 7) is 0. The minimum atomic E-state index is -1.99. The Hall–Kier alpha value is -1.82. The predicted octanol–water partition coefficient (Wildman–Crippen LogP) is 0.658. The van der Waals surface area contributed by atoms with Gasteiger partial charge in [-0.25, -0.2) is 9.18 Å². The highest BCUT2D eigenvalue weighted by Crippen LogP contribution is 2.31. The summed E-state index contributed by atoms with van der Waals surface area (Å²) in [6.07, 6.45) is -1.99. The van der Waals surface area contributed by atoms with Crippen LogP contribution in [0.5, 0.6) is 11.5 Å². The molecule has 1 atom stereocenters. The monoisotopic (exact) mass is 216 g/mol. The molecule has 5 nitrogen and oxygen atoms in total. The van der Waals surface area contributed by atoms with Crippen molar-refractivity contribution in [1.82, 2.24) is 0 Å². The molecular weight excluding hydrogens is 207 g/mol. The van der Waals surface area contributed by atoms with Gasteiger partial charge in [0.15, 0.2) is 17.6 Å². The van der Waals surface area contributed by atoms with Gasteiger partial charge < -0.3 is 20.1 Å². The lowest BCUT2D eigenvalue weighted by Gasteiger charge is -2.10. The minimum Gasteiger partial charge on any atom is -0.504 e. The van der Waals surface area contributed by atoms with Gasteiger partial charge in [-0.1, -0.05) is 0 Å². The molecule has 0 spiro atoms. The van der Waals surface area contributed by atoms with Crippen LogP contribution in [0.1, 0.15) is 11.7 Å². The van der Waals surface area contributed by atoms with E-state index in [0.717, 1.165) is 6.07 Å². The molecule has 1 rings (SSSR count). The molecule has 0 fully saturated rings. The Balaban J connectivity index is 3.24. The highest BCUT2D eigenvalue weighted by molar-refractivity contribution is 5.74. The normalized spacial score (nSPS) is 12.2. The predicted molar refractivity (Wildman–Crippen MR) is 47.2 cm³/mol. The number of halogens is 1. The number of carbonyl (C=O) groups is 1. The highest BCUT2D eigenvalue weighted by atomic mass is 19.1. The molecule has 0 bridgehead atoms. The Morgan fingerprint density at radius 1 is 1.53 bits per heavy atom. The van der Waals surface area contributed by atoms with Crippen molar-refractivity contribution in [3.8, 4) is 11.5 Å². The van der Waals surface area contributed by atoms with E-state index in [2.05, 4.69) is 4.74 Å². The van der Waals surface area contributed by atoms with Gasteiger partial charge in [0, 0.05) is 11.6 Å².